The van der Waals surface area contributed by atoms with E-state index in [1.165, 1.54) is 23.5 Å². The van der Waals surface area contributed by atoms with Crippen LogP contribution in [0, 0.1) is 0 Å². The van der Waals surface area contributed by atoms with Crippen molar-refractivity contribution in [1.29, 1.82) is 0 Å². The third-order valence-electron chi connectivity index (χ3n) is 2.38. The molecule has 10 heteroatoms. The molecular weight excluding hydrogens is 264 g/mol. The van der Waals surface area contributed by atoms with E-state index in [4.69, 9.17) is 0 Å². The van der Waals surface area contributed by atoms with E-state index in [1.807, 2.05) is 0 Å². The van der Waals surface area contributed by atoms with E-state index in [1.54, 1.807) is 0 Å². The highest BCUT2D eigenvalue weighted by atomic mass is 35.5. The Morgan fingerprint density at radius 2 is 1.56 bits per heavy atom. The molecule has 0 fully saturated rings. The number of halogens is 1. The zero-order valence-corrected chi connectivity index (χ0v) is 10.4. The minimum Gasteiger partial charge on any atom is -0.478 e. The van der Waals surface area contributed by atoms with Crippen molar-refractivity contribution in [3.05, 3.63) is 24.3 Å². The SMILES string of the molecule is Cl.Cn1ncnc1C(O)(C(=O)O)c1ncnn1C. The zero-order chi connectivity index (χ0) is 12.6. The first-order valence-corrected chi connectivity index (χ1v) is 4.62. The van der Waals surface area contributed by atoms with Crippen molar-refractivity contribution in [3.63, 3.8) is 0 Å². The largest absolute Gasteiger partial charge is 0.478 e. The fraction of sp³-hybridized carbons (Fsp3) is 0.375. The average Bonchev–Trinajstić information content (AvgIpc) is 2.86. The Morgan fingerprint density at radius 1 is 1.17 bits per heavy atom. The third-order valence-corrected chi connectivity index (χ3v) is 2.38. The van der Waals surface area contributed by atoms with Crippen LogP contribution in [0.2, 0.25) is 0 Å². The van der Waals surface area contributed by atoms with E-state index in [0.717, 1.165) is 12.7 Å². The minimum atomic E-state index is -2.38. The lowest BCUT2D eigenvalue weighted by Gasteiger charge is -2.20. The van der Waals surface area contributed by atoms with Gasteiger partial charge in [0, 0.05) is 14.1 Å². The summed E-state index contributed by atoms with van der Waals surface area (Å²) in [4.78, 5) is 18.8. The van der Waals surface area contributed by atoms with E-state index < -0.39 is 11.6 Å². The van der Waals surface area contributed by atoms with Crippen LogP contribution in [0.25, 0.3) is 0 Å². The van der Waals surface area contributed by atoms with Gasteiger partial charge in [-0.1, -0.05) is 0 Å². The molecule has 2 aromatic rings. The molecular formula is C8H11ClN6O3. The molecule has 0 saturated carbocycles. The summed E-state index contributed by atoms with van der Waals surface area (Å²) in [5.41, 5.74) is -2.38. The smallest absolute Gasteiger partial charge is 0.352 e. The van der Waals surface area contributed by atoms with Crippen LogP contribution in [0.3, 0.4) is 0 Å². The maximum Gasteiger partial charge on any atom is 0.352 e. The van der Waals surface area contributed by atoms with Gasteiger partial charge in [0.15, 0.2) is 11.6 Å². The van der Waals surface area contributed by atoms with Crippen LogP contribution in [0.15, 0.2) is 12.7 Å². The molecule has 0 unspecified atom stereocenters. The van der Waals surface area contributed by atoms with Crippen LogP contribution in [-0.4, -0.2) is 45.7 Å². The maximum atomic E-state index is 11.3. The first kappa shape index (κ1) is 14.1. The van der Waals surface area contributed by atoms with Crippen molar-refractivity contribution in [2.45, 2.75) is 5.60 Å². The van der Waals surface area contributed by atoms with Gasteiger partial charge in [-0.3, -0.25) is 0 Å². The summed E-state index contributed by atoms with van der Waals surface area (Å²) >= 11 is 0. The number of carboxylic acid groups (broad SMARTS) is 1. The summed E-state index contributed by atoms with van der Waals surface area (Å²) < 4.78 is 2.34. The lowest BCUT2D eigenvalue weighted by Crippen LogP contribution is -2.42. The highest BCUT2D eigenvalue weighted by Crippen LogP contribution is 2.25. The summed E-state index contributed by atoms with van der Waals surface area (Å²) in [5, 5.41) is 27.0. The molecule has 2 heterocycles. The van der Waals surface area contributed by atoms with Gasteiger partial charge >= 0.3 is 5.97 Å². The Balaban J connectivity index is 0.00000162. The van der Waals surface area contributed by atoms with Crippen LogP contribution in [0.4, 0.5) is 0 Å². The van der Waals surface area contributed by atoms with Gasteiger partial charge in [-0.05, 0) is 0 Å². The lowest BCUT2D eigenvalue weighted by molar-refractivity contribution is -0.157. The average molecular weight is 275 g/mol. The topological polar surface area (TPSA) is 119 Å². The molecule has 0 saturated heterocycles. The first-order valence-electron chi connectivity index (χ1n) is 4.62. The Bertz CT molecular complexity index is 524. The minimum absolute atomic E-state index is 0. The van der Waals surface area contributed by atoms with Crippen molar-refractivity contribution < 1.29 is 15.0 Å². The maximum absolute atomic E-state index is 11.3. The lowest BCUT2D eigenvalue weighted by atomic mass is 10.0. The van der Waals surface area contributed by atoms with Gasteiger partial charge in [0.1, 0.15) is 12.7 Å². The fourth-order valence-corrected chi connectivity index (χ4v) is 1.54. The number of rotatable bonds is 3. The molecule has 98 valence electrons. The number of nitrogens with zero attached hydrogens (tertiary/aromatic N) is 6. The van der Waals surface area contributed by atoms with E-state index in [-0.39, 0.29) is 24.1 Å². The Kier molecular flexibility index (Phi) is 3.67. The molecule has 0 aromatic carbocycles. The second-order valence-electron chi connectivity index (χ2n) is 3.43. The fourth-order valence-electron chi connectivity index (χ4n) is 1.54. The van der Waals surface area contributed by atoms with Gasteiger partial charge in [-0.2, -0.15) is 10.2 Å². The predicted octanol–water partition coefficient (Wildman–Crippen LogP) is -1.31. The van der Waals surface area contributed by atoms with Crippen molar-refractivity contribution >= 4 is 18.4 Å². The molecule has 9 nitrogen and oxygen atoms in total. The summed E-state index contributed by atoms with van der Waals surface area (Å²) in [5.74, 6) is -1.77. The van der Waals surface area contributed by atoms with Gasteiger partial charge < -0.3 is 10.2 Å². The molecule has 0 bridgehead atoms. The number of carboxylic acids is 1. The predicted molar refractivity (Wildman–Crippen MR) is 59.9 cm³/mol. The molecule has 0 aliphatic heterocycles. The van der Waals surface area contributed by atoms with Crippen molar-refractivity contribution in [2.75, 3.05) is 0 Å². The number of aryl methyl sites for hydroxylation is 2. The molecule has 2 aromatic heterocycles. The number of carbonyl (C=O) groups is 1. The van der Waals surface area contributed by atoms with Crippen LogP contribution in [-0.2, 0) is 24.5 Å². The third kappa shape index (κ3) is 1.83. The standard InChI is InChI=1S/C8H10N6O3.ClH/c1-13-5(9-3-11-13)8(17,7(15)16)6-10-4-12-14(6)2;/h3-4,17H,1-2H3,(H,15,16);1H. The first-order chi connectivity index (χ1) is 7.98. The van der Waals surface area contributed by atoms with Crippen LogP contribution < -0.4 is 0 Å². The zero-order valence-electron chi connectivity index (χ0n) is 9.55. The highest BCUT2D eigenvalue weighted by Gasteiger charge is 2.48. The van der Waals surface area contributed by atoms with E-state index in [9.17, 15) is 15.0 Å². The van der Waals surface area contributed by atoms with E-state index in [2.05, 4.69) is 20.2 Å². The number of aliphatic hydroxyl groups is 1. The van der Waals surface area contributed by atoms with Gasteiger partial charge in [0.05, 0.1) is 0 Å². The van der Waals surface area contributed by atoms with Crippen LogP contribution in [0.5, 0.6) is 0 Å². The Morgan fingerprint density at radius 3 is 1.78 bits per heavy atom. The number of aromatic nitrogens is 6. The summed E-state index contributed by atoms with van der Waals surface area (Å²) in [6.45, 7) is 0. The number of hydrogen-bond acceptors (Lipinski definition) is 6. The molecule has 0 radical (unpaired) electrons. The summed E-state index contributed by atoms with van der Waals surface area (Å²) in [6, 6.07) is 0. The Labute approximate surface area is 108 Å². The molecule has 0 amide bonds. The second-order valence-corrected chi connectivity index (χ2v) is 3.43. The van der Waals surface area contributed by atoms with Crippen molar-refractivity contribution in [1.82, 2.24) is 29.5 Å². The number of aliphatic carboxylic acids is 1. The normalized spacial score (nSPS) is 11.1. The van der Waals surface area contributed by atoms with Crippen molar-refractivity contribution in [2.24, 2.45) is 14.1 Å². The quantitative estimate of drug-likeness (QED) is 0.713. The highest BCUT2D eigenvalue weighted by molar-refractivity contribution is 5.85. The number of hydrogen-bond donors (Lipinski definition) is 2. The van der Waals surface area contributed by atoms with Gasteiger partial charge in [0.25, 0.3) is 5.60 Å². The molecule has 0 aliphatic carbocycles. The summed E-state index contributed by atoms with van der Waals surface area (Å²) in [6.07, 6.45) is 2.30. The van der Waals surface area contributed by atoms with E-state index in [0.29, 0.717) is 0 Å². The second kappa shape index (κ2) is 4.70. The Hall–Kier alpha value is -2.00. The molecule has 2 N–H and O–H groups in total. The molecule has 0 atom stereocenters. The van der Waals surface area contributed by atoms with Gasteiger partial charge in [-0.25, -0.2) is 24.1 Å². The molecule has 0 spiro atoms. The van der Waals surface area contributed by atoms with Gasteiger partial charge in [0.2, 0.25) is 0 Å². The summed E-state index contributed by atoms with van der Waals surface area (Å²) in [7, 11) is 2.96. The van der Waals surface area contributed by atoms with Crippen LogP contribution in [0.1, 0.15) is 11.6 Å². The molecule has 2 rings (SSSR count). The molecule has 18 heavy (non-hydrogen) atoms. The van der Waals surface area contributed by atoms with E-state index >= 15 is 0 Å². The van der Waals surface area contributed by atoms with Crippen LogP contribution >= 0.6 is 12.4 Å². The van der Waals surface area contributed by atoms with Gasteiger partial charge in [-0.15, -0.1) is 12.4 Å². The van der Waals surface area contributed by atoms with Crippen molar-refractivity contribution in [3.8, 4) is 0 Å². The monoisotopic (exact) mass is 274 g/mol. The molecule has 0 aliphatic rings.